The van der Waals surface area contributed by atoms with Crippen molar-refractivity contribution in [3.05, 3.63) is 28.7 Å². The van der Waals surface area contributed by atoms with Gasteiger partial charge in [0.25, 0.3) is 5.91 Å². The lowest BCUT2D eigenvalue weighted by Crippen LogP contribution is -2.50. The minimum atomic E-state index is -0.464. The number of hydrogen-bond acceptors (Lipinski definition) is 4. The van der Waals surface area contributed by atoms with Gasteiger partial charge in [-0.25, -0.2) is 4.90 Å². The highest BCUT2D eigenvalue weighted by Crippen LogP contribution is 2.29. The van der Waals surface area contributed by atoms with E-state index in [1.165, 1.54) is 4.90 Å². The number of benzene rings is 1. The van der Waals surface area contributed by atoms with Crippen LogP contribution in [0.1, 0.15) is 33.1 Å². The van der Waals surface area contributed by atoms with Crippen LogP contribution in [0, 0.1) is 5.92 Å². The second-order valence-electron chi connectivity index (χ2n) is 7.11. The molecule has 7 heteroatoms. The molecule has 0 aliphatic carbocycles. The molecule has 0 spiro atoms. The number of nitrogens with zero attached hydrogens (tertiary/aromatic N) is 3. The Morgan fingerprint density at radius 3 is 2.48 bits per heavy atom. The number of halogens is 1. The van der Waals surface area contributed by atoms with E-state index in [0.29, 0.717) is 25.3 Å². The molecule has 1 aromatic carbocycles. The lowest BCUT2D eigenvalue weighted by Gasteiger charge is -2.36. The van der Waals surface area contributed by atoms with Crippen LogP contribution in [0.25, 0.3) is 0 Å². The van der Waals surface area contributed by atoms with E-state index < -0.39 is 6.04 Å². The van der Waals surface area contributed by atoms with E-state index in [4.69, 9.17) is 0 Å². The molecule has 2 atom stereocenters. The standard InChI is InChI=1S/C20H26BrN3O3/c1-3-22(4-2)19(26)14-6-5-11-23(13-14)17-12-18(25)24(20(17)27)16-9-7-15(21)8-10-16/h7-10,14,17H,3-6,11-13H2,1-2H3. The molecule has 2 heterocycles. The van der Waals surface area contributed by atoms with Crippen LogP contribution in [0.4, 0.5) is 5.69 Å². The van der Waals surface area contributed by atoms with E-state index in [9.17, 15) is 14.4 Å². The summed E-state index contributed by atoms with van der Waals surface area (Å²) in [7, 11) is 0. The maximum absolute atomic E-state index is 13.0. The first-order valence-electron chi connectivity index (χ1n) is 9.61. The highest BCUT2D eigenvalue weighted by Gasteiger charge is 2.44. The van der Waals surface area contributed by atoms with Crippen molar-refractivity contribution in [1.29, 1.82) is 0 Å². The number of amides is 3. The van der Waals surface area contributed by atoms with Gasteiger partial charge < -0.3 is 4.90 Å². The van der Waals surface area contributed by atoms with Gasteiger partial charge in [0, 0.05) is 24.1 Å². The number of piperidine rings is 1. The fourth-order valence-corrected chi connectivity index (χ4v) is 4.31. The van der Waals surface area contributed by atoms with Crippen molar-refractivity contribution < 1.29 is 14.4 Å². The monoisotopic (exact) mass is 435 g/mol. The molecule has 0 N–H and O–H groups in total. The second-order valence-corrected chi connectivity index (χ2v) is 8.02. The van der Waals surface area contributed by atoms with Crippen molar-refractivity contribution in [2.24, 2.45) is 5.92 Å². The third kappa shape index (κ3) is 4.09. The number of rotatable bonds is 5. The zero-order valence-corrected chi connectivity index (χ0v) is 17.4. The SMILES string of the molecule is CCN(CC)C(=O)C1CCCN(C2CC(=O)N(c3ccc(Br)cc3)C2=O)C1. The summed E-state index contributed by atoms with van der Waals surface area (Å²) >= 11 is 3.37. The van der Waals surface area contributed by atoms with Gasteiger partial charge in [-0.3, -0.25) is 19.3 Å². The van der Waals surface area contributed by atoms with Crippen LogP contribution >= 0.6 is 15.9 Å². The smallest absolute Gasteiger partial charge is 0.251 e. The predicted octanol–water partition coefficient (Wildman–Crippen LogP) is 2.66. The van der Waals surface area contributed by atoms with Gasteiger partial charge in [0.15, 0.2) is 0 Å². The number of imide groups is 1. The number of anilines is 1. The summed E-state index contributed by atoms with van der Waals surface area (Å²) in [6, 6.07) is 6.72. The number of carbonyl (C=O) groups is 3. The minimum absolute atomic E-state index is 0.0942. The van der Waals surface area contributed by atoms with Crippen molar-refractivity contribution in [3.8, 4) is 0 Å². The Bertz CT molecular complexity index is 718. The molecule has 2 unspecified atom stereocenters. The third-order valence-corrected chi connectivity index (χ3v) is 6.05. The van der Waals surface area contributed by atoms with Gasteiger partial charge in [0.1, 0.15) is 0 Å². The van der Waals surface area contributed by atoms with E-state index in [1.807, 2.05) is 35.8 Å². The molecule has 0 radical (unpaired) electrons. The average Bonchev–Trinajstić information content (AvgIpc) is 2.98. The lowest BCUT2D eigenvalue weighted by atomic mass is 9.95. The lowest BCUT2D eigenvalue weighted by molar-refractivity contribution is -0.138. The van der Waals surface area contributed by atoms with E-state index in [0.717, 1.165) is 23.9 Å². The van der Waals surface area contributed by atoms with E-state index in [-0.39, 0.29) is 30.1 Å². The third-order valence-electron chi connectivity index (χ3n) is 5.53. The molecule has 2 saturated heterocycles. The van der Waals surface area contributed by atoms with E-state index in [2.05, 4.69) is 15.9 Å². The largest absolute Gasteiger partial charge is 0.343 e. The first-order chi connectivity index (χ1) is 13.0. The average molecular weight is 436 g/mol. The van der Waals surface area contributed by atoms with Crippen LogP contribution in [0.15, 0.2) is 28.7 Å². The van der Waals surface area contributed by atoms with Crippen LogP contribution in [0.3, 0.4) is 0 Å². The zero-order chi connectivity index (χ0) is 19.6. The summed E-state index contributed by atoms with van der Waals surface area (Å²) in [5.41, 5.74) is 0.600. The molecule has 2 aliphatic heterocycles. The van der Waals surface area contributed by atoms with Crippen LogP contribution in [-0.2, 0) is 14.4 Å². The molecule has 146 valence electrons. The summed E-state index contributed by atoms with van der Waals surface area (Å²) in [6.07, 6.45) is 1.89. The molecule has 0 aromatic heterocycles. The Morgan fingerprint density at radius 2 is 1.85 bits per heavy atom. The van der Waals surface area contributed by atoms with Crippen molar-refractivity contribution in [2.75, 3.05) is 31.1 Å². The predicted molar refractivity (Wildman–Crippen MR) is 107 cm³/mol. The Labute approximate surface area is 168 Å². The quantitative estimate of drug-likeness (QED) is 0.666. The maximum Gasteiger partial charge on any atom is 0.251 e. The molecular formula is C20H26BrN3O3. The summed E-state index contributed by atoms with van der Waals surface area (Å²) in [5.74, 6) is -0.294. The molecular weight excluding hydrogens is 410 g/mol. The Morgan fingerprint density at radius 1 is 1.19 bits per heavy atom. The number of hydrogen-bond donors (Lipinski definition) is 0. The number of likely N-dealkylation sites (tertiary alicyclic amines) is 1. The van der Waals surface area contributed by atoms with Crippen LogP contribution < -0.4 is 4.90 Å². The normalized spacial score (nSPS) is 23.7. The topological polar surface area (TPSA) is 60.9 Å². The highest BCUT2D eigenvalue weighted by molar-refractivity contribution is 9.10. The van der Waals surface area contributed by atoms with Gasteiger partial charge in [-0.2, -0.15) is 0 Å². The van der Waals surface area contributed by atoms with Gasteiger partial charge in [0.2, 0.25) is 11.8 Å². The molecule has 0 saturated carbocycles. The Hall–Kier alpha value is -1.73. The molecule has 2 fully saturated rings. The van der Waals surface area contributed by atoms with Gasteiger partial charge in [-0.1, -0.05) is 15.9 Å². The van der Waals surface area contributed by atoms with Crippen LogP contribution in [-0.4, -0.2) is 59.7 Å². The van der Waals surface area contributed by atoms with Crippen molar-refractivity contribution in [3.63, 3.8) is 0 Å². The molecule has 6 nitrogen and oxygen atoms in total. The Kier molecular flexibility index (Phi) is 6.32. The molecule has 27 heavy (non-hydrogen) atoms. The van der Waals surface area contributed by atoms with Gasteiger partial charge in [-0.05, 0) is 57.5 Å². The highest BCUT2D eigenvalue weighted by atomic mass is 79.9. The van der Waals surface area contributed by atoms with E-state index >= 15 is 0 Å². The fourth-order valence-electron chi connectivity index (χ4n) is 4.05. The van der Waals surface area contributed by atoms with Crippen molar-refractivity contribution >= 4 is 39.3 Å². The summed E-state index contributed by atoms with van der Waals surface area (Å²) in [6.45, 7) is 6.66. The molecule has 3 amide bonds. The number of carbonyl (C=O) groups excluding carboxylic acids is 3. The second kappa shape index (κ2) is 8.52. The molecule has 0 bridgehead atoms. The first-order valence-corrected chi connectivity index (χ1v) is 10.4. The van der Waals surface area contributed by atoms with Crippen molar-refractivity contribution in [1.82, 2.24) is 9.80 Å². The minimum Gasteiger partial charge on any atom is -0.343 e. The molecule has 1 aromatic rings. The van der Waals surface area contributed by atoms with Gasteiger partial charge in [0.05, 0.1) is 24.1 Å². The maximum atomic E-state index is 13.0. The van der Waals surface area contributed by atoms with Gasteiger partial charge in [-0.15, -0.1) is 0 Å². The molecule has 2 aliphatic rings. The summed E-state index contributed by atoms with van der Waals surface area (Å²) in [5, 5.41) is 0. The van der Waals surface area contributed by atoms with Crippen molar-refractivity contribution in [2.45, 2.75) is 39.2 Å². The van der Waals surface area contributed by atoms with E-state index in [1.54, 1.807) is 12.1 Å². The zero-order valence-electron chi connectivity index (χ0n) is 15.9. The summed E-state index contributed by atoms with van der Waals surface area (Å²) < 4.78 is 0.899. The van der Waals surface area contributed by atoms with Crippen LogP contribution in [0.2, 0.25) is 0 Å². The van der Waals surface area contributed by atoms with Gasteiger partial charge >= 0.3 is 0 Å². The van der Waals surface area contributed by atoms with Crippen LogP contribution in [0.5, 0.6) is 0 Å². The first kappa shape index (κ1) is 20.0. The molecule has 3 rings (SSSR count). The fraction of sp³-hybridized carbons (Fsp3) is 0.550. The summed E-state index contributed by atoms with van der Waals surface area (Å²) in [4.78, 5) is 43.4. The Balaban J connectivity index is 1.72.